The van der Waals surface area contributed by atoms with Crippen LogP contribution in [0.15, 0.2) is 52.3 Å². The Morgan fingerprint density at radius 3 is 2.57 bits per heavy atom. The number of hydrogen-bond acceptors (Lipinski definition) is 4. The van der Waals surface area contributed by atoms with Crippen molar-refractivity contribution in [3.05, 3.63) is 53.8 Å². The molecule has 0 aliphatic rings. The zero-order valence-corrected chi connectivity index (χ0v) is 14.3. The van der Waals surface area contributed by atoms with Crippen molar-refractivity contribution in [3.63, 3.8) is 0 Å². The molecule has 0 heterocycles. The molecule has 0 fully saturated rings. The normalized spacial score (nSPS) is 11.3. The lowest BCUT2D eigenvalue weighted by atomic mass is 10.2. The molecule has 7 heteroatoms. The minimum absolute atomic E-state index is 0.0312. The molecule has 0 unspecified atom stereocenters. The molecule has 0 bridgehead atoms. The number of rotatable bonds is 5. The highest BCUT2D eigenvalue weighted by Crippen LogP contribution is 2.23. The molecule has 2 rings (SSSR count). The number of carbonyl (C=O) groups excluding carboxylic acids is 1. The zero-order valence-electron chi connectivity index (χ0n) is 12.7. The van der Waals surface area contributed by atoms with E-state index in [0.29, 0.717) is 10.6 Å². The van der Waals surface area contributed by atoms with Crippen molar-refractivity contribution < 1.29 is 17.6 Å². The number of nitrogens with one attached hydrogen (secondary N) is 1. The second-order valence-corrected chi connectivity index (χ2v) is 8.05. The van der Waals surface area contributed by atoms with E-state index < -0.39 is 9.84 Å². The van der Waals surface area contributed by atoms with E-state index in [0.717, 1.165) is 23.6 Å². The average molecular weight is 353 g/mol. The first kappa shape index (κ1) is 17.5. The molecule has 4 nitrogen and oxygen atoms in total. The number of benzene rings is 2. The van der Waals surface area contributed by atoms with Crippen molar-refractivity contribution in [1.29, 1.82) is 0 Å². The van der Waals surface area contributed by atoms with E-state index in [1.54, 1.807) is 31.2 Å². The van der Waals surface area contributed by atoms with Gasteiger partial charge in [0.1, 0.15) is 5.82 Å². The van der Waals surface area contributed by atoms with E-state index in [1.807, 2.05) is 0 Å². The van der Waals surface area contributed by atoms with E-state index in [-0.39, 0.29) is 22.4 Å². The maximum atomic E-state index is 13.5. The molecule has 1 amide bonds. The Morgan fingerprint density at radius 1 is 1.22 bits per heavy atom. The number of halogens is 1. The summed E-state index contributed by atoms with van der Waals surface area (Å²) in [6, 6.07) is 10.8. The molecular formula is C16H16FNO3S2. The lowest BCUT2D eigenvalue weighted by Crippen LogP contribution is -2.15. The first-order valence-electron chi connectivity index (χ1n) is 6.75. The fourth-order valence-electron chi connectivity index (χ4n) is 1.86. The van der Waals surface area contributed by atoms with E-state index in [1.165, 1.54) is 18.2 Å². The maximum Gasteiger partial charge on any atom is 0.234 e. The van der Waals surface area contributed by atoms with Crippen molar-refractivity contribution in [2.24, 2.45) is 0 Å². The number of hydrogen-bond donors (Lipinski definition) is 1. The van der Waals surface area contributed by atoms with Gasteiger partial charge in [-0.1, -0.05) is 18.2 Å². The standard InChI is InChI=1S/C16H16FNO3S2/c1-11-7-8-12(23(2,20)21)9-14(11)18-16(19)10-22-15-6-4-3-5-13(15)17/h3-9H,10H2,1-2H3,(H,18,19). The lowest BCUT2D eigenvalue weighted by Gasteiger charge is -2.10. The first-order valence-corrected chi connectivity index (χ1v) is 9.63. The molecule has 2 aromatic rings. The topological polar surface area (TPSA) is 63.2 Å². The van der Waals surface area contributed by atoms with Gasteiger partial charge in [-0.15, -0.1) is 11.8 Å². The maximum absolute atomic E-state index is 13.5. The highest BCUT2D eigenvalue weighted by molar-refractivity contribution is 8.00. The fraction of sp³-hybridized carbons (Fsp3) is 0.188. The van der Waals surface area contributed by atoms with Crippen LogP contribution in [0.25, 0.3) is 0 Å². The van der Waals surface area contributed by atoms with Gasteiger partial charge in [0.15, 0.2) is 9.84 Å². The van der Waals surface area contributed by atoms with Crippen LogP contribution in [0.3, 0.4) is 0 Å². The Hall–Kier alpha value is -1.86. The third-order valence-corrected chi connectivity index (χ3v) is 5.27. The molecule has 122 valence electrons. The predicted octanol–water partition coefficient (Wildman–Crippen LogP) is 3.27. The number of amides is 1. The van der Waals surface area contributed by atoms with Crippen molar-refractivity contribution >= 4 is 33.2 Å². The second-order valence-electron chi connectivity index (χ2n) is 5.02. The molecule has 1 N–H and O–H groups in total. The zero-order chi connectivity index (χ0) is 17.0. The molecule has 0 saturated carbocycles. The van der Waals surface area contributed by atoms with E-state index in [9.17, 15) is 17.6 Å². The predicted molar refractivity (Wildman–Crippen MR) is 90.0 cm³/mol. The van der Waals surface area contributed by atoms with Gasteiger partial charge in [-0.2, -0.15) is 0 Å². The second kappa shape index (κ2) is 7.14. The summed E-state index contributed by atoms with van der Waals surface area (Å²) in [5, 5.41) is 2.67. The summed E-state index contributed by atoms with van der Waals surface area (Å²) in [6.07, 6.45) is 1.11. The van der Waals surface area contributed by atoms with Crippen molar-refractivity contribution in [2.45, 2.75) is 16.7 Å². The van der Waals surface area contributed by atoms with Gasteiger partial charge in [-0.25, -0.2) is 12.8 Å². The van der Waals surface area contributed by atoms with Gasteiger partial charge in [-0.05, 0) is 36.8 Å². The van der Waals surface area contributed by atoms with Crippen LogP contribution >= 0.6 is 11.8 Å². The Balaban J connectivity index is 2.07. The molecule has 2 aromatic carbocycles. The smallest absolute Gasteiger partial charge is 0.234 e. The van der Waals surface area contributed by atoms with E-state index in [2.05, 4.69) is 5.32 Å². The van der Waals surface area contributed by atoms with Crippen LogP contribution in [-0.2, 0) is 14.6 Å². The largest absolute Gasteiger partial charge is 0.325 e. The highest BCUT2D eigenvalue weighted by Gasteiger charge is 2.12. The summed E-state index contributed by atoms with van der Waals surface area (Å²) >= 11 is 1.08. The van der Waals surface area contributed by atoms with Crippen molar-refractivity contribution in [2.75, 3.05) is 17.3 Å². The number of thioether (sulfide) groups is 1. The third-order valence-electron chi connectivity index (χ3n) is 3.11. The monoisotopic (exact) mass is 353 g/mol. The average Bonchev–Trinajstić information content (AvgIpc) is 2.47. The van der Waals surface area contributed by atoms with Gasteiger partial charge in [0.2, 0.25) is 5.91 Å². The van der Waals surface area contributed by atoms with Crippen LogP contribution in [0.1, 0.15) is 5.56 Å². The SMILES string of the molecule is Cc1ccc(S(C)(=O)=O)cc1NC(=O)CSc1ccccc1F. The molecule has 0 aliphatic carbocycles. The van der Waals surface area contributed by atoms with Crippen LogP contribution in [-0.4, -0.2) is 26.3 Å². The molecule has 0 aliphatic heterocycles. The van der Waals surface area contributed by atoms with Crippen LogP contribution < -0.4 is 5.32 Å². The van der Waals surface area contributed by atoms with Crippen LogP contribution in [0, 0.1) is 12.7 Å². The quantitative estimate of drug-likeness (QED) is 0.838. The molecule has 0 spiro atoms. The lowest BCUT2D eigenvalue weighted by molar-refractivity contribution is -0.113. The van der Waals surface area contributed by atoms with Gasteiger partial charge >= 0.3 is 0 Å². The molecule has 23 heavy (non-hydrogen) atoms. The summed E-state index contributed by atoms with van der Waals surface area (Å²) in [4.78, 5) is 12.5. The molecule has 0 saturated heterocycles. The summed E-state index contributed by atoms with van der Waals surface area (Å²) in [5.74, 6) is -0.670. The molecule has 0 aromatic heterocycles. The van der Waals surface area contributed by atoms with Gasteiger partial charge in [0, 0.05) is 16.8 Å². The highest BCUT2D eigenvalue weighted by atomic mass is 32.2. The molecule has 0 atom stereocenters. The Morgan fingerprint density at radius 2 is 1.91 bits per heavy atom. The Bertz CT molecular complexity index is 835. The number of carbonyl (C=O) groups is 1. The summed E-state index contributed by atoms with van der Waals surface area (Å²) in [7, 11) is -3.34. The number of anilines is 1. The van der Waals surface area contributed by atoms with E-state index >= 15 is 0 Å². The Labute approximate surface area is 139 Å². The minimum Gasteiger partial charge on any atom is -0.325 e. The van der Waals surface area contributed by atoms with Crippen LogP contribution in [0.5, 0.6) is 0 Å². The van der Waals surface area contributed by atoms with Crippen LogP contribution in [0.2, 0.25) is 0 Å². The third kappa shape index (κ3) is 4.80. The number of sulfone groups is 1. The van der Waals surface area contributed by atoms with Crippen molar-refractivity contribution in [1.82, 2.24) is 0 Å². The minimum atomic E-state index is -3.34. The Kier molecular flexibility index (Phi) is 5.43. The fourth-order valence-corrected chi connectivity index (χ4v) is 3.24. The first-order chi connectivity index (χ1) is 10.8. The summed E-state index contributed by atoms with van der Waals surface area (Å²) in [5.41, 5.74) is 1.19. The summed E-state index contributed by atoms with van der Waals surface area (Å²) < 4.78 is 36.6. The van der Waals surface area contributed by atoms with Gasteiger partial charge in [0.25, 0.3) is 0 Å². The molecular weight excluding hydrogens is 337 g/mol. The van der Waals surface area contributed by atoms with Gasteiger partial charge < -0.3 is 5.32 Å². The van der Waals surface area contributed by atoms with Gasteiger partial charge in [-0.3, -0.25) is 4.79 Å². The van der Waals surface area contributed by atoms with Gasteiger partial charge in [0.05, 0.1) is 10.6 Å². The van der Waals surface area contributed by atoms with Crippen LogP contribution in [0.4, 0.5) is 10.1 Å². The summed E-state index contributed by atoms with van der Waals surface area (Å²) in [6.45, 7) is 1.77. The molecule has 0 radical (unpaired) electrons. The number of aryl methyl sites for hydroxylation is 1. The van der Waals surface area contributed by atoms with E-state index in [4.69, 9.17) is 0 Å². The van der Waals surface area contributed by atoms with Crippen molar-refractivity contribution in [3.8, 4) is 0 Å².